The van der Waals surface area contributed by atoms with Crippen LogP contribution in [0.2, 0.25) is 5.02 Å². The van der Waals surface area contributed by atoms with E-state index in [0.29, 0.717) is 11.6 Å². The van der Waals surface area contributed by atoms with Gasteiger partial charge in [0.15, 0.2) is 6.61 Å². The number of amides is 3. The number of primary amides is 1. The number of hydrogen-bond acceptors (Lipinski definition) is 5. The van der Waals surface area contributed by atoms with Crippen LogP contribution in [-0.2, 0) is 25.5 Å². The summed E-state index contributed by atoms with van der Waals surface area (Å²) in [6, 6.07) is 14.5. The number of nitrogens with two attached hydrogens (primary N) is 1. The van der Waals surface area contributed by atoms with Gasteiger partial charge in [-0.1, -0.05) is 41.9 Å². The molecule has 0 radical (unpaired) electrons. The van der Waals surface area contributed by atoms with E-state index in [2.05, 4.69) is 10.6 Å². The number of rotatable bonds is 11. The molecule has 8 nitrogen and oxygen atoms in total. The van der Waals surface area contributed by atoms with Gasteiger partial charge in [0.2, 0.25) is 5.91 Å². The first-order valence-corrected chi connectivity index (χ1v) is 10.0. The van der Waals surface area contributed by atoms with Crippen molar-refractivity contribution in [3.8, 4) is 0 Å². The van der Waals surface area contributed by atoms with E-state index in [9.17, 15) is 19.2 Å². The van der Waals surface area contributed by atoms with Crippen molar-refractivity contribution in [3.63, 3.8) is 0 Å². The highest BCUT2D eigenvalue weighted by molar-refractivity contribution is 6.30. The molecule has 2 rings (SSSR count). The summed E-state index contributed by atoms with van der Waals surface area (Å²) in [5.74, 6) is -2.82. The largest absolute Gasteiger partial charge is 0.454 e. The lowest BCUT2D eigenvalue weighted by atomic mass is 10.1. The Morgan fingerprint density at radius 3 is 2.32 bits per heavy atom. The van der Waals surface area contributed by atoms with E-state index in [1.807, 2.05) is 30.3 Å². The summed E-state index contributed by atoms with van der Waals surface area (Å²) >= 11 is 5.78. The zero-order valence-corrected chi connectivity index (χ0v) is 17.6. The Labute approximate surface area is 185 Å². The van der Waals surface area contributed by atoms with Gasteiger partial charge in [-0.3, -0.25) is 14.4 Å². The summed E-state index contributed by atoms with van der Waals surface area (Å²) in [7, 11) is 0. The first-order chi connectivity index (χ1) is 14.8. The smallest absolute Gasteiger partial charge is 0.329 e. The summed E-state index contributed by atoms with van der Waals surface area (Å²) in [6.07, 6.45) is 1.07. The molecule has 0 heterocycles. The van der Waals surface area contributed by atoms with E-state index >= 15 is 0 Å². The summed E-state index contributed by atoms with van der Waals surface area (Å²) in [4.78, 5) is 47.7. The molecule has 3 amide bonds. The molecule has 4 N–H and O–H groups in total. The Morgan fingerprint density at radius 2 is 1.68 bits per heavy atom. The van der Waals surface area contributed by atoms with Crippen molar-refractivity contribution in [2.24, 2.45) is 5.73 Å². The third kappa shape index (κ3) is 8.88. The fourth-order valence-corrected chi connectivity index (χ4v) is 2.82. The van der Waals surface area contributed by atoms with E-state index in [0.717, 1.165) is 18.4 Å². The van der Waals surface area contributed by atoms with E-state index in [-0.39, 0.29) is 5.56 Å². The molecule has 2 aromatic carbocycles. The number of hydrogen-bond donors (Lipinski definition) is 3. The van der Waals surface area contributed by atoms with Gasteiger partial charge in [-0.25, -0.2) is 4.79 Å². The zero-order chi connectivity index (χ0) is 22.6. The third-order valence-corrected chi connectivity index (χ3v) is 4.51. The van der Waals surface area contributed by atoms with Crippen LogP contribution in [0.5, 0.6) is 0 Å². The quantitative estimate of drug-likeness (QED) is 0.357. The van der Waals surface area contributed by atoms with Gasteiger partial charge in [-0.2, -0.15) is 0 Å². The van der Waals surface area contributed by atoms with Crippen LogP contribution in [0, 0.1) is 0 Å². The van der Waals surface area contributed by atoms with Gasteiger partial charge in [0.05, 0.1) is 6.42 Å². The number of carbonyl (C=O) groups excluding carboxylic acids is 4. The monoisotopic (exact) mass is 445 g/mol. The van der Waals surface area contributed by atoms with Gasteiger partial charge in [0, 0.05) is 17.1 Å². The number of carbonyl (C=O) groups is 4. The Kier molecular flexibility index (Phi) is 9.51. The first kappa shape index (κ1) is 23.9. The molecule has 1 unspecified atom stereocenters. The summed E-state index contributed by atoms with van der Waals surface area (Å²) < 4.78 is 4.94. The van der Waals surface area contributed by atoms with Crippen molar-refractivity contribution in [1.82, 2.24) is 10.6 Å². The van der Waals surface area contributed by atoms with Crippen LogP contribution in [-0.4, -0.2) is 42.9 Å². The van der Waals surface area contributed by atoms with E-state index in [1.165, 1.54) is 24.3 Å². The molecule has 2 aromatic rings. The molecule has 164 valence electrons. The molecule has 0 aliphatic carbocycles. The van der Waals surface area contributed by atoms with Gasteiger partial charge in [-0.15, -0.1) is 0 Å². The highest BCUT2D eigenvalue weighted by Gasteiger charge is 2.25. The zero-order valence-electron chi connectivity index (χ0n) is 16.8. The molecule has 0 aromatic heterocycles. The number of esters is 1. The molecule has 0 aliphatic heterocycles. The van der Waals surface area contributed by atoms with Crippen molar-refractivity contribution in [1.29, 1.82) is 0 Å². The third-order valence-electron chi connectivity index (χ3n) is 4.25. The van der Waals surface area contributed by atoms with Crippen molar-refractivity contribution in [2.75, 3.05) is 13.2 Å². The molecule has 1 atom stereocenters. The lowest BCUT2D eigenvalue weighted by Crippen LogP contribution is -2.45. The average Bonchev–Trinajstić information content (AvgIpc) is 2.75. The number of aryl methyl sites for hydroxylation is 1. The highest BCUT2D eigenvalue weighted by atomic mass is 35.5. The predicted octanol–water partition coefficient (Wildman–Crippen LogP) is 1.61. The van der Waals surface area contributed by atoms with E-state index in [1.54, 1.807) is 0 Å². The molecule has 31 heavy (non-hydrogen) atoms. The first-order valence-electron chi connectivity index (χ1n) is 9.67. The lowest BCUT2D eigenvalue weighted by Gasteiger charge is -2.16. The second kappa shape index (κ2) is 12.3. The van der Waals surface area contributed by atoms with Gasteiger partial charge in [-0.05, 0) is 42.7 Å². The van der Waals surface area contributed by atoms with E-state index < -0.39 is 42.8 Å². The summed E-state index contributed by atoms with van der Waals surface area (Å²) in [5.41, 5.74) is 6.56. The molecule has 0 bridgehead atoms. The van der Waals surface area contributed by atoms with Crippen LogP contribution in [0.4, 0.5) is 0 Å². The molecule has 0 saturated carbocycles. The van der Waals surface area contributed by atoms with Gasteiger partial charge in [0.1, 0.15) is 6.04 Å². The SMILES string of the molecule is NC(=O)CC(NC(=O)c1ccc(Cl)cc1)C(=O)OCC(=O)NCCCc1ccccc1. The summed E-state index contributed by atoms with van der Waals surface area (Å²) in [6.45, 7) is -0.112. The van der Waals surface area contributed by atoms with Crippen molar-refractivity contribution in [3.05, 3.63) is 70.7 Å². The molecule has 0 saturated heterocycles. The fourth-order valence-electron chi connectivity index (χ4n) is 2.69. The Bertz CT molecular complexity index is 903. The maximum Gasteiger partial charge on any atom is 0.329 e. The molecule has 9 heteroatoms. The van der Waals surface area contributed by atoms with Crippen molar-refractivity contribution < 1.29 is 23.9 Å². The standard InChI is InChI=1S/C22H24ClN3O5/c23-17-10-8-16(9-11-17)21(29)26-18(13-19(24)27)22(30)31-14-20(28)25-12-4-7-15-5-2-1-3-6-15/h1-3,5-6,8-11,18H,4,7,12-14H2,(H2,24,27)(H,25,28)(H,26,29). The van der Waals surface area contributed by atoms with Crippen molar-refractivity contribution in [2.45, 2.75) is 25.3 Å². The number of ether oxygens (including phenoxy) is 1. The van der Waals surface area contributed by atoms with Crippen LogP contribution in [0.1, 0.15) is 28.8 Å². The second-order valence-electron chi connectivity index (χ2n) is 6.75. The lowest BCUT2D eigenvalue weighted by molar-refractivity contribution is -0.151. The molecular formula is C22H24ClN3O5. The Morgan fingerprint density at radius 1 is 1.00 bits per heavy atom. The van der Waals surface area contributed by atoms with Crippen LogP contribution in [0.25, 0.3) is 0 Å². The maximum atomic E-state index is 12.3. The molecule has 0 spiro atoms. The minimum atomic E-state index is -1.31. The molecule has 0 aliphatic rings. The summed E-state index contributed by atoms with van der Waals surface area (Å²) in [5, 5.41) is 5.49. The predicted molar refractivity (Wildman–Crippen MR) is 115 cm³/mol. The minimum absolute atomic E-state index is 0.239. The van der Waals surface area contributed by atoms with Gasteiger partial charge < -0.3 is 21.1 Å². The van der Waals surface area contributed by atoms with Crippen LogP contribution in [0.3, 0.4) is 0 Å². The molecular weight excluding hydrogens is 422 g/mol. The Balaban J connectivity index is 1.78. The normalized spacial score (nSPS) is 11.3. The number of halogens is 1. The van der Waals surface area contributed by atoms with E-state index in [4.69, 9.17) is 22.1 Å². The molecule has 0 fully saturated rings. The highest BCUT2D eigenvalue weighted by Crippen LogP contribution is 2.10. The van der Waals surface area contributed by atoms with Crippen LogP contribution < -0.4 is 16.4 Å². The van der Waals surface area contributed by atoms with Crippen LogP contribution >= 0.6 is 11.6 Å². The minimum Gasteiger partial charge on any atom is -0.454 e. The van der Waals surface area contributed by atoms with Gasteiger partial charge in [0.25, 0.3) is 11.8 Å². The average molecular weight is 446 g/mol. The number of benzene rings is 2. The second-order valence-corrected chi connectivity index (χ2v) is 7.19. The number of nitrogens with one attached hydrogen (secondary N) is 2. The Hall–Kier alpha value is -3.39. The van der Waals surface area contributed by atoms with Crippen LogP contribution in [0.15, 0.2) is 54.6 Å². The van der Waals surface area contributed by atoms with Crippen molar-refractivity contribution >= 4 is 35.3 Å². The van der Waals surface area contributed by atoms with Gasteiger partial charge >= 0.3 is 5.97 Å². The maximum absolute atomic E-state index is 12.3. The topological polar surface area (TPSA) is 128 Å². The fraction of sp³-hybridized carbons (Fsp3) is 0.273.